The quantitative estimate of drug-likeness (QED) is 0.0802. The molecule has 0 bridgehead atoms. The number of nitrogens with zero attached hydrogens (tertiary/aromatic N) is 2. The van der Waals surface area contributed by atoms with Crippen molar-refractivity contribution in [2.75, 3.05) is 0 Å². The van der Waals surface area contributed by atoms with Gasteiger partial charge in [0.05, 0.1) is 27.3 Å². The lowest BCUT2D eigenvalue weighted by Crippen LogP contribution is -2.12. The third-order valence-electron chi connectivity index (χ3n) is 10.2. The molecule has 0 saturated heterocycles. The summed E-state index contributed by atoms with van der Waals surface area (Å²) in [6.07, 6.45) is -7.17. The highest BCUT2D eigenvalue weighted by Gasteiger charge is 2.37. The number of hydrogen-bond donors (Lipinski definition) is 2. The number of benzene rings is 6. The number of aromatic nitrogens is 2. The van der Waals surface area contributed by atoms with Gasteiger partial charge in [-0.25, -0.2) is 14.0 Å². The number of carboxylic acid groups (broad SMARTS) is 2. The van der Waals surface area contributed by atoms with Crippen molar-refractivity contribution in [3.8, 4) is 22.3 Å². The maximum absolute atomic E-state index is 13.5. The fourth-order valence-electron chi connectivity index (χ4n) is 7.16. The van der Waals surface area contributed by atoms with Crippen LogP contribution in [0.25, 0.3) is 44.1 Å². The smallest absolute Gasteiger partial charge is 0.416 e. The first kappa shape index (κ1) is 44.5. The van der Waals surface area contributed by atoms with Crippen LogP contribution in [0.5, 0.6) is 0 Å². The van der Waals surface area contributed by atoms with E-state index in [-0.39, 0.29) is 45.3 Å². The summed E-state index contributed by atoms with van der Waals surface area (Å²) in [6.45, 7) is 0.747. The van der Waals surface area contributed by atoms with E-state index in [0.717, 1.165) is 16.6 Å². The number of Topliss-reactive ketones (excluding diaryl/α,β-unsaturated/α-hetero) is 2. The van der Waals surface area contributed by atoms with Crippen molar-refractivity contribution in [1.82, 2.24) is 9.13 Å². The van der Waals surface area contributed by atoms with Crippen LogP contribution in [-0.4, -0.2) is 42.9 Å². The van der Waals surface area contributed by atoms with Gasteiger partial charge in [-0.3, -0.25) is 9.59 Å². The Bertz CT molecular complexity index is 3070. The highest BCUT2D eigenvalue weighted by atomic mass is 35.5. The first-order chi connectivity index (χ1) is 30.3. The molecule has 0 amide bonds. The number of alkyl halides is 6. The van der Waals surface area contributed by atoms with Crippen molar-refractivity contribution in [3.05, 3.63) is 190 Å². The summed E-state index contributed by atoms with van der Waals surface area (Å²) in [5.41, 5.74) is 0.858. The monoisotopic (exact) mass is 898 g/mol. The Kier molecular flexibility index (Phi) is 12.3. The number of rotatable bonds is 10. The fraction of sp³-hybridized carbons (Fsp3) is 0.0833. The van der Waals surface area contributed by atoms with Crippen LogP contribution in [0.15, 0.2) is 146 Å². The normalized spacial score (nSPS) is 11.6. The van der Waals surface area contributed by atoms with E-state index in [1.807, 2.05) is 47.0 Å². The molecule has 0 radical (unpaired) electrons. The Hall–Kier alpha value is -7.52. The van der Waals surface area contributed by atoms with E-state index < -0.39 is 52.8 Å². The van der Waals surface area contributed by atoms with Gasteiger partial charge in [0.15, 0.2) is 0 Å². The molecule has 8 nitrogen and oxygen atoms in total. The molecule has 6 aromatic carbocycles. The molecular weight excluding hydrogens is 869 g/mol. The summed E-state index contributed by atoms with van der Waals surface area (Å²) >= 11 is 5.89. The molecule has 0 saturated carbocycles. The van der Waals surface area contributed by atoms with Gasteiger partial charge in [0.1, 0.15) is 5.82 Å². The van der Waals surface area contributed by atoms with Gasteiger partial charge >= 0.3 is 24.3 Å². The molecule has 0 aliphatic heterocycles. The van der Waals surface area contributed by atoms with Crippen LogP contribution in [0, 0.1) is 5.82 Å². The number of carbonyl (C=O) groups is 4. The van der Waals surface area contributed by atoms with Gasteiger partial charge in [-0.1, -0.05) is 90.5 Å². The van der Waals surface area contributed by atoms with Crippen LogP contribution in [0.1, 0.15) is 43.0 Å². The van der Waals surface area contributed by atoms with Gasteiger partial charge in [0.25, 0.3) is 11.6 Å². The van der Waals surface area contributed by atoms with Crippen LogP contribution < -0.4 is 0 Å². The van der Waals surface area contributed by atoms with Crippen LogP contribution >= 0.6 is 11.6 Å². The lowest BCUT2D eigenvalue weighted by Gasteiger charge is -2.14. The van der Waals surface area contributed by atoms with E-state index in [1.54, 1.807) is 53.2 Å². The topological polar surface area (TPSA) is 119 Å². The molecule has 2 heterocycles. The van der Waals surface area contributed by atoms with E-state index in [9.17, 15) is 60.1 Å². The predicted octanol–water partition coefficient (Wildman–Crippen LogP) is 12.1. The number of fused-ring (bicyclic) bond motifs is 2. The summed E-state index contributed by atoms with van der Waals surface area (Å²) < 4.78 is 96.7. The predicted molar refractivity (Wildman–Crippen MR) is 225 cm³/mol. The van der Waals surface area contributed by atoms with Crippen molar-refractivity contribution in [3.63, 3.8) is 0 Å². The van der Waals surface area contributed by atoms with Gasteiger partial charge in [0, 0.05) is 47.3 Å². The molecule has 0 aliphatic carbocycles. The summed E-state index contributed by atoms with van der Waals surface area (Å²) in [4.78, 5) is 47.3. The first-order valence-corrected chi connectivity index (χ1v) is 19.3. The number of carbonyl (C=O) groups excluding carboxylic acids is 2. The Morgan fingerprint density at radius 2 is 0.891 bits per heavy atom. The van der Waals surface area contributed by atoms with Gasteiger partial charge in [-0.15, -0.1) is 0 Å². The second-order valence-electron chi connectivity index (χ2n) is 14.5. The molecule has 64 heavy (non-hydrogen) atoms. The van der Waals surface area contributed by atoms with Crippen LogP contribution in [-0.2, 0) is 35.0 Å². The second-order valence-corrected chi connectivity index (χ2v) is 14.9. The van der Waals surface area contributed by atoms with E-state index >= 15 is 0 Å². The van der Waals surface area contributed by atoms with Crippen molar-refractivity contribution >= 4 is 56.9 Å². The van der Waals surface area contributed by atoms with Gasteiger partial charge < -0.3 is 19.3 Å². The highest BCUT2D eigenvalue weighted by molar-refractivity contribution is 6.43. The Labute approximate surface area is 363 Å². The average Bonchev–Trinajstić information content (AvgIpc) is 3.81. The van der Waals surface area contributed by atoms with Crippen LogP contribution in [0.2, 0.25) is 5.02 Å². The molecular formula is C48H30ClF7N2O6. The zero-order valence-corrected chi connectivity index (χ0v) is 33.5. The fourth-order valence-corrected chi connectivity index (χ4v) is 7.35. The minimum absolute atomic E-state index is 0.00826. The van der Waals surface area contributed by atoms with Gasteiger partial charge in [0.2, 0.25) is 0 Å². The Morgan fingerprint density at radius 3 is 1.28 bits per heavy atom. The third kappa shape index (κ3) is 9.59. The lowest BCUT2D eigenvalue weighted by atomic mass is 9.97. The number of halogens is 8. The van der Waals surface area contributed by atoms with Crippen molar-refractivity contribution in [2.45, 2.75) is 25.4 Å². The van der Waals surface area contributed by atoms with E-state index in [4.69, 9.17) is 11.6 Å². The van der Waals surface area contributed by atoms with Crippen molar-refractivity contribution < 1.29 is 60.1 Å². The van der Waals surface area contributed by atoms with Gasteiger partial charge in [-0.05, 0) is 88.0 Å². The lowest BCUT2D eigenvalue weighted by molar-refractivity contribution is -0.143. The molecule has 0 fully saturated rings. The maximum Gasteiger partial charge on any atom is 0.416 e. The van der Waals surface area contributed by atoms with Crippen molar-refractivity contribution in [1.29, 1.82) is 0 Å². The SMILES string of the molecule is O=C(O)C(=O)c1cn(Cc2ccccc2)c2ccc(-c3cc(C(F)(F)F)cc(C(F)(F)F)c3)cc12.O=C(O)C(=O)c1cn(Cc2ccccc2)c2ccc(-c3ccc(F)c(Cl)c3)cc12. The summed E-state index contributed by atoms with van der Waals surface area (Å²) in [7, 11) is 0. The largest absolute Gasteiger partial charge is 0.475 e. The zero-order valence-electron chi connectivity index (χ0n) is 32.7. The van der Waals surface area contributed by atoms with E-state index in [1.165, 1.54) is 36.5 Å². The molecule has 0 atom stereocenters. The van der Waals surface area contributed by atoms with Crippen LogP contribution in [0.4, 0.5) is 30.7 Å². The zero-order chi connectivity index (χ0) is 46.1. The number of hydrogen-bond acceptors (Lipinski definition) is 4. The minimum atomic E-state index is -5.02. The minimum Gasteiger partial charge on any atom is -0.475 e. The highest BCUT2D eigenvalue weighted by Crippen LogP contribution is 2.40. The molecule has 0 unspecified atom stereocenters. The number of ketones is 2. The molecule has 2 aromatic heterocycles. The second kappa shape index (κ2) is 17.7. The molecule has 0 aliphatic rings. The summed E-state index contributed by atoms with van der Waals surface area (Å²) in [6, 6.07) is 33.6. The molecule has 8 rings (SSSR count). The third-order valence-corrected chi connectivity index (χ3v) is 10.5. The average molecular weight is 899 g/mol. The Morgan fingerprint density at radius 1 is 0.500 bits per heavy atom. The van der Waals surface area contributed by atoms with E-state index in [2.05, 4.69) is 0 Å². The molecule has 8 aromatic rings. The number of aliphatic carboxylic acids is 2. The molecule has 2 N–H and O–H groups in total. The number of carboxylic acids is 2. The summed E-state index contributed by atoms with van der Waals surface area (Å²) in [5.74, 6) is -6.01. The van der Waals surface area contributed by atoms with Crippen LogP contribution in [0.3, 0.4) is 0 Å². The van der Waals surface area contributed by atoms with Gasteiger partial charge in [-0.2, -0.15) is 26.3 Å². The molecule has 324 valence electrons. The Balaban J connectivity index is 0.000000195. The molecule has 0 spiro atoms. The van der Waals surface area contributed by atoms with E-state index in [0.29, 0.717) is 40.7 Å². The first-order valence-electron chi connectivity index (χ1n) is 18.9. The summed E-state index contributed by atoms with van der Waals surface area (Å²) in [5, 5.41) is 19.1. The standard InChI is InChI=1S/C25H15F6NO3.C23H15ClFNO3/c26-24(27,28)17-8-16(9-18(11-17)25(29,30)31)15-6-7-21-19(10-15)20(22(33)23(34)35)13-32(21)12-14-4-2-1-3-5-14;24-19-11-16(6-8-20(19)25)15-7-9-21-17(10-15)18(22(27)23(28)29)13-26(21)12-14-4-2-1-3-5-14/h1-11,13H,12H2,(H,34,35);1-11,13H,12H2,(H,28,29). The van der Waals surface area contributed by atoms with Crippen molar-refractivity contribution in [2.24, 2.45) is 0 Å². The molecule has 16 heteroatoms. The maximum atomic E-state index is 13.5.